The third kappa shape index (κ3) is 18.9. The summed E-state index contributed by atoms with van der Waals surface area (Å²) in [4.78, 5) is 33.4. The van der Waals surface area contributed by atoms with E-state index in [-0.39, 0.29) is 25.9 Å². The molecular formula is C14H16O8. The van der Waals surface area contributed by atoms with Gasteiger partial charge >= 0.3 is 0 Å². The molecule has 0 atom stereocenters. The minimum absolute atomic E-state index is 0.250. The summed E-state index contributed by atoms with van der Waals surface area (Å²) in [5, 5.41) is 30.2. The van der Waals surface area contributed by atoms with Crippen molar-refractivity contribution in [2.24, 2.45) is 0 Å². The largest absolute Gasteiger partial charge is 0.483 e. The fraction of sp³-hybridized carbons (Fsp3) is 0. The van der Waals surface area contributed by atoms with Crippen LogP contribution in [0.2, 0.25) is 0 Å². The second kappa shape index (κ2) is 22.7. The number of carbonyl (C=O) groups is 4. The molecule has 0 spiro atoms. The van der Waals surface area contributed by atoms with Crippen molar-refractivity contribution in [2.75, 3.05) is 0 Å². The van der Waals surface area contributed by atoms with Crippen LogP contribution in [0.25, 0.3) is 10.8 Å². The van der Waals surface area contributed by atoms with Gasteiger partial charge in [0.2, 0.25) is 0 Å². The third-order valence-corrected chi connectivity index (χ3v) is 1.66. The first-order valence-electron chi connectivity index (χ1n) is 5.38. The lowest BCUT2D eigenvalue weighted by atomic mass is 10.1. The normalized spacial score (nSPS) is 6.73. The minimum atomic E-state index is -0.250. The Hall–Kier alpha value is -3.42. The summed E-state index contributed by atoms with van der Waals surface area (Å²) >= 11 is 0. The first-order valence-corrected chi connectivity index (χ1v) is 5.38. The van der Waals surface area contributed by atoms with Crippen molar-refractivity contribution in [1.82, 2.24) is 0 Å². The summed E-state index contributed by atoms with van der Waals surface area (Å²) in [6.45, 7) is -1.00. The summed E-state index contributed by atoms with van der Waals surface area (Å²) in [5.41, 5.74) is 0. The lowest BCUT2D eigenvalue weighted by Crippen LogP contribution is -1.67. The Balaban J connectivity index is -0.000000254. The van der Waals surface area contributed by atoms with Crippen molar-refractivity contribution in [3.05, 3.63) is 48.5 Å². The van der Waals surface area contributed by atoms with Crippen molar-refractivity contribution < 1.29 is 39.6 Å². The minimum Gasteiger partial charge on any atom is -0.483 e. The molecule has 0 amide bonds. The zero-order valence-corrected chi connectivity index (χ0v) is 11.4. The maximum atomic E-state index is 8.36. The van der Waals surface area contributed by atoms with E-state index in [0.29, 0.717) is 0 Å². The molecule has 22 heavy (non-hydrogen) atoms. The van der Waals surface area contributed by atoms with Crippen LogP contribution in [0.4, 0.5) is 0 Å². The molecule has 2 aromatic rings. The molecule has 0 fully saturated rings. The lowest BCUT2D eigenvalue weighted by molar-refractivity contribution is -0.123. The van der Waals surface area contributed by atoms with Gasteiger partial charge in [0.1, 0.15) is 0 Å². The van der Waals surface area contributed by atoms with E-state index in [1.165, 1.54) is 10.8 Å². The van der Waals surface area contributed by atoms with E-state index in [9.17, 15) is 0 Å². The number of hydrogen-bond acceptors (Lipinski definition) is 4. The molecule has 2 aromatic carbocycles. The van der Waals surface area contributed by atoms with E-state index in [1.807, 2.05) is 0 Å². The maximum absolute atomic E-state index is 8.36. The lowest BCUT2D eigenvalue weighted by Gasteiger charge is -1.92. The Bertz CT molecular complexity index is 423. The van der Waals surface area contributed by atoms with Gasteiger partial charge in [-0.25, -0.2) is 0 Å². The van der Waals surface area contributed by atoms with Gasteiger partial charge < -0.3 is 20.4 Å². The van der Waals surface area contributed by atoms with Gasteiger partial charge in [0.15, 0.2) is 0 Å². The molecule has 0 radical (unpaired) electrons. The van der Waals surface area contributed by atoms with Gasteiger partial charge in [0, 0.05) is 0 Å². The van der Waals surface area contributed by atoms with Gasteiger partial charge in [0.25, 0.3) is 25.9 Å². The molecule has 120 valence electrons. The molecule has 0 heterocycles. The zero-order chi connectivity index (χ0) is 17.6. The Kier molecular flexibility index (Phi) is 24.4. The molecule has 0 unspecified atom stereocenters. The van der Waals surface area contributed by atoms with Crippen molar-refractivity contribution in [2.45, 2.75) is 0 Å². The summed E-state index contributed by atoms with van der Waals surface area (Å²) in [6.07, 6.45) is 0. The molecule has 0 aliphatic heterocycles. The molecule has 8 nitrogen and oxygen atoms in total. The van der Waals surface area contributed by atoms with Crippen LogP contribution in [-0.4, -0.2) is 46.3 Å². The van der Waals surface area contributed by atoms with Gasteiger partial charge in [-0.15, -0.1) is 0 Å². The average molecular weight is 312 g/mol. The molecule has 0 bridgehead atoms. The van der Waals surface area contributed by atoms with Crippen LogP contribution in [0.5, 0.6) is 0 Å². The molecule has 8 heteroatoms. The van der Waals surface area contributed by atoms with Gasteiger partial charge in [-0.05, 0) is 10.8 Å². The SMILES string of the molecule is O=CO.O=CO.O=CO.O=CO.c1ccc2ccccc2c1. The molecule has 0 aliphatic rings. The third-order valence-electron chi connectivity index (χ3n) is 1.66. The smallest absolute Gasteiger partial charge is 0.290 e. The first-order chi connectivity index (χ1) is 10.6. The summed E-state index contributed by atoms with van der Waals surface area (Å²) in [5.74, 6) is 0. The predicted molar refractivity (Wildman–Crippen MR) is 78.7 cm³/mol. The highest BCUT2D eigenvalue weighted by Gasteiger charge is 1.85. The topological polar surface area (TPSA) is 149 Å². The zero-order valence-electron chi connectivity index (χ0n) is 11.4. The Morgan fingerprint density at radius 1 is 0.500 bits per heavy atom. The molecule has 0 saturated carbocycles. The van der Waals surface area contributed by atoms with Crippen LogP contribution in [0.3, 0.4) is 0 Å². The monoisotopic (exact) mass is 312 g/mol. The van der Waals surface area contributed by atoms with Gasteiger partial charge in [0.05, 0.1) is 0 Å². The molecule has 2 rings (SSSR count). The second-order valence-corrected chi connectivity index (χ2v) is 2.77. The highest BCUT2D eigenvalue weighted by atomic mass is 16.4. The Morgan fingerprint density at radius 3 is 0.773 bits per heavy atom. The highest BCUT2D eigenvalue weighted by Crippen LogP contribution is 2.11. The van der Waals surface area contributed by atoms with E-state index < -0.39 is 0 Å². The fourth-order valence-electron chi connectivity index (χ4n) is 1.13. The maximum Gasteiger partial charge on any atom is 0.290 e. The second-order valence-electron chi connectivity index (χ2n) is 2.77. The van der Waals surface area contributed by atoms with Crippen LogP contribution < -0.4 is 0 Å². The number of fused-ring (bicyclic) bond motifs is 1. The van der Waals surface area contributed by atoms with E-state index in [2.05, 4.69) is 48.5 Å². The highest BCUT2D eigenvalue weighted by molar-refractivity contribution is 5.81. The van der Waals surface area contributed by atoms with Crippen molar-refractivity contribution in [3.63, 3.8) is 0 Å². The standard InChI is InChI=1S/C10H8.4CH2O2/c1-2-6-10-8-4-3-7-9(10)5-1;4*2-1-3/h1-8H;4*1H,(H,2,3). The summed E-state index contributed by atoms with van der Waals surface area (Å²) in [7, 11) is 0. The average Bonchev–Trinajstić information content (AvgIpc) is 2.51. The van der Waals surface area contributed by atoms with E-state index >= 15 is 0 Å². The molecule has 0 aliphatic carbocycles. The van der Waals surface area contributed by atoms with E-state index in [1.54, 1.807) is 0 Å². The fourth-order valence-corrected chi connectivity index (χ4v) is 1.13. The molecular weight excluding hydrogens is 296 g/mol. The van der Waals surface area contributed by atoms with Crippen molar-refractivity contribution in [3.8, 4) is 0 Å². The van der Waals surface area contributed by atoms with Crippen LogP contribution in [0.15, 0.2) is 48.5 Å². The summed E-state index contributed by atoms with van der Waals surface area (Å²) in [6, 6.07) is 16.7. The van der Waals surface area contributed by atoms with Crippen molar-refractivity contribution in [1.29, 1.82) is 0 Å². The van der Waals surface area contributed by atoms with Gasteiger partial charge in [-0.3, -0.25) is 19.2 Å². The number of benzene rings is 2. The van der Waals surface area contributed by atoms with Crippen LogP contribution in [0, 0.1) is 0 Å². The number of rotatable bonds is 0. The number of carboxylic acid groups (broad SMARTS) is 4. The van der Waals surface area contributed by atoms with Crippen LogP contribution in [-0.2, 0) is 19.2 Å². The molecule has 4 N–H and O–H groups in total. The summed E-state index contributed by atoms with van der Waals surface area (Å²) < 4.78 is 0. The van der Waals surface area contributed by atoms with Crippen LogP contribution >= 0.6 is 0 Å². The molecule has 0 saturated heterocycles. The molecule has 0 aromatic heterocycles. The van der Waals surface area contributed by atoms with Crippen LogP contribution in [0.1, 0.15) is 0 Å². The Morgan fingerprint density at radius 2 is 0.636 bits per heavy atom. The van der Waals surface area contributed by atoms with Gasteiger partial charge in [-0.2, -0.15) is 0 Å². The van der Waals surface area contributed by atoms with E-state index in [4.69, 9.17) is 39.6 Å². The van der Waals surface area contributed by atoms with Gasteiger partial charge in [-0.1, -0.05) is 48.5 Å². The van der Waals surface area contributed by atoms with E-state index in [0.717, 1.165) is 0 Å². The quantitative estimate of drug-likeness (QED) is 0.536. The Labute approximate surface area is 125 Å². The number of hydrogen-bond donors (Lipinski definition) is 4. The predicted octanol–water partition coefficient (Wildman–Crippen LogP) is 1.64. The first kappa shape index (κ1) is 23.7. The van der Waals surface area contributed by atoms with Crippen molar-refractivity contribution >= 4 is 36.7 Å².